The third kappa shape index (κ3) is 2.68. The van der Waals surface area contributed by atoms with E-state index in [1.807, 2.05) is 28.9 Å². The van der Waals surface area contributed by atoms with Gasteiger partial charge < -0.3 is 10.5 Å². The van der Waals surface area contributed by atoms with Gasteiger partial charge in [0, 0.05) is 18.4 Å². The number of nitrogens with two attached hydrogens (primary N) is 1. The second kappa shape index (κ2) is 5.33. The smallest absolute Gasteiger partial charge is 0.0826 e. The van der Waals surface area contributed by atoms with Crippen LogP contribution in [0.2, 0.25) is 0 Å². The Morgan fingerprint density at radius 2 is 2.29 bits per heavy atom. The molecule has 0 fully saturated rings. The molecule has 0 aliphatic rings. The number of nitrogen functional groups attached to an aromatic ring is 1. The zero-order valence-electron chi connectivity index (χ0n) is 9.56. The van der Waals surface area contributed by atoms with Crippen molar-refractivity contribution < 1.29 is 4.74 Å². The molecule has 0 bridgehead atoms. The Hall–Kier alpha value is -1.33. The number of benzene rings is 1. The van der Waals surface area contributed by atoms with Crippen LogP contribution in [0.5, 0.6) is 0 Å². The molecule has 0 saturated heterocycles. The van der Waals surface area contributed by atoms with Gasteiger partial charge in [0.25, 0.3) is 0 Å². The lowest BCUT2D eigenvalue weighted by atomic mass is 10.1. The van der Waals surface area contributed by atoms with Crippen molar-refractivity contribution in [1.82, 2.24) is 9.78 Å². The Morgan fingerprint density at radius 3 is 3.00 bits per heavy atom. The van der Waals surface area contributed by atoms with E-state index in [1.54, 1.807) is 13.3 Å². The van der Waals surface area contributed by atoms with Crippen molar-refractivity contribution in [2.75, 3.05) is 19.5 Å². The Morgan fingerprint density at radius 1 is 1.47 bits per heavy atom. The summed E-state index contributed by atoms with van der Waals surface area (Å²) in [6.45, 7) is 1.34. The van der Waals surface area contributed by atoms with Crippen LogP contribution >= 0.6 is 15.9 Å². The van der Waals surface area contributed by atoms with Gasteiger partial charge in [-0.05, 0) is 28.1 Å². The molecule has 0 spiro atoms. The zero-order chi connectivity index (χ0) is 12.3. The highest BCUT2D eigenvalue weighted by atomic mass is 79.9. The van der Waals surface area contributed by atoms with Crippen LogP contribution < -0.4 is 5.73 Å². The number of rotatable bonds is 4. The molecule has 2 N–H and O–H groups in total. The molecule has 0 aliphatic carbocycles. The highest BCUT2D eigenvalue weighted by molar-refractivity contribution is 9.10. The van der Waals surface area contributed by atoms with Gasteiger partial charge in [0.2, 0.25) is 0 Å². The minimum Gasteiger partial charge on any atom is -0.399 e. The van der Waals surface area contributed by atoms with E-state index in [1.165, 1.54) is 0 Å². The van der Waals surface area contributed by atoms with E-state index in [0.29, 0.717) is 13.2 Å². The lowest BCUT2D eigenvalue weighted by Crippen LogP contribution is -2.07. The Bertz CT molecular complexity index is 510. The quantitative estimate of drug-likeness (QED) is 0.882. The lowest BCUT2D eigenvalue weighted by molar-refractivity contribution is 0.184. The molecule has 0 radical (unpaired) electrons. The first-order chi connectivity index (χ1) is 8.22. The molecule has 90 valence electrons. The largest absolute Gasteiger partial charge is 0.399 e. The van der Waals surface area contributed by atoms with E-state index < -0.39 is 0 Å². The summed E-state index contributed by atoms with van der Waals surface area (Å²) in [5, 5.41) is 4.31. The molecule has 1 aromatic carbocycles. The average Bonchev–Trinajstić information content (AvgIpc) is 2.68. The van der Waals surface area contributed by atoms with Gasteiger partial charge in [-0.1, -0.05) is 12.1 Å². The molecular weight excluding hydrogens is 282 g/mol. The fourth-order valence-corrected chi connectivity index (χ4v) is 2.21. The SMILES string of the molecule is COCCn1ncc(Br)c1-c1cccc(N)c1. The lowest BCUT2D eigenvalue weighted by Gasteiger charge is -2.08. The molecule has 1 heterocycles. The molecule has 2 aromatic rings. The predicted octanol–water partition coefficient (Wildman–Crippen LogP) is 2.54. The zero-order valence-corrected chi connectivity index (χ0v) is 11.1. The van der Waals surface area contributed by atoms with Gasteiger partial charge in [-0.3, -0.25) is 4.68 Å². The molecule has 0 aliphatic heterocycles. The van der Waals surface area contributed by atoms with E-state index >= 15 is 0 Å². The monoisotopic (exact) mass is 295 g/mol. The molecule has 1 aromatic heterocycles. The van der Waals surface area contributed by atoms with Crippen LogP contribution in [0, 0.1) is 0 Å². The predicted molar refractivity (Wildman–Crippen MR) is 71.7 cm³/mol. The molecule has 0 saturated carbocycles. The van der Waals surface area contributed by atoms with Crippen LogP contribution in [-0.2, 0) is 11.3 Å². The van der Waals surface area contributed by atoms with Crippen LogP contribution in [0.25, 0.3) is 11.3 Å². The van der Waals surface area contributed by atoms with Gasteiger partial charge in [0.1, 0.15) is 0 Å². The van der Waals surface area contributed by atoms with Crippen molar-refractivity contribution >= 4 is 21.6 Å². The number of anilines is 1. The van der Waals surface area contributed by atoms with Crippen LogP contribution in [0.1, 0.15) is 0 Å². The topological polar surface area (TPSA) is 53.1 Å². The summed E-state index contributed by atoms with van der Waals surface area (Å²) in [7, 11) is 1.68. The fraction of sp³-hybridized carbons (Fsp3) is 0.250. The summed E-state index contributed by atoms with van der Waals surface area (Å²) in [5.41, 5.74) is 8.61. The Kier molecular flexibility index (Phi) is 3.81. The molecule has 0 unspecified atom stereocenters. The van der Waals surface area contributed by atoms with Crippen LogP contribution in [-0.4, -0.2) is 23.5 Å². The maximum Gasteiger partial charge on any atom is 0.0826 e. The first-order valence-electron chi connectivity index (χ1n) is 5.28. The van der Waals surface area contributed by atoms with Gasteiger partial charge >= 0.3 is 0 Å². The van der Waals surface area contributed by atoms with Gasteiger partial charge in [0.05, 0.1) is 29.5 Å². The van der Waals surface area contributed by atoms with E-state index in [-0.39, 0.29) is 0 Å². The molecule has 4 nitrogen and oxygen atoms in total. The van der Waals surface area contributed by atoms with Gasteiger partial charge in [0.15, 0.2) is 0 Å². The molecule has 2 rings (SSSR count). The van der Waals surface area contributed by atoms with E-state index in [9.17, 15) is 0 Å². The normalized spacial score (nSPS) is 10.7. The molecule has 0 amide bonds. The number of ether oxygens (including phenoxy) is 1. The van der Waals surface area contributed by atoms with E-state index in [2.05, 4.69) is 21.0 Å². The van der Waals surface area contributed by atoms with Gasteiger partial charge in [-0.2, -0.15) is 5.10 Å². The van der Waals surface area contributed by atoms with Crippen LogP contribution in [0.4, 0.5) is 5.69 Å². The van der Waals surface area contributed by atoms with Crippen molar-refractivity contribution in [2.45, 2.75) is 6.54 Å². The Balaban J connectivity index is 2.39. The first kappa shape index (κ1) is 12.1. The van der Waals surface area contributed by atoms with Crippen molar-refractivity contribution in [3.05, 3.63) is 34.9 Å². The van der Waals surface area contributed by atoms with Crippen molar-refractivity contribution in [3.63, 3.8) is 0 Å². The van der Waals surface area contributed by atoms with E-state index in [0.717, 1.165) is 21.4 Å². The molecule has 5 heteroatoms. The van der Waals surface area contributed by atoms with Crippen molar-refractivity contribution in [1.29, 1.82) is 0 Å². The number of hydrogen-bond donors (Lipinski definition) is 1. The summed E-state index contributed by atoms with van der Waals surface area (Å²) in [6, 6.07) is 7.75. The minimum absolute atomic E-state index is 0.628. The fourth-order valence-electron chi connectivity index (χ4n) is 1.68. The standard InChI is InChI=1S/C12H14BrN3O/c1-17-6-5-16-12(11(13)8-15-16)9-3-2-4-10(14)7-9/h2-4,7-8H,5-6,14H2,1H3. The summed E-state index contributed by atoms with van der Waals surface area (Å²) in [6.07, 6.45) is 1.79. The minimum atomic E-state index is 0.628. The van der Waals surface area contributed by atoms with Crippen molar-refractivity contribution in [2.24, 2.45) is 0 Å². The average molecular weight is 296 g/mol. The second-order valence-corrected chi connectivity index (χ2v) is 4.54. The summed E-state index contributed by atoms with van der Waals surface area (Å²) >= 11 is 3.51. The second-order valence-electron chi connectivity index (χ2n) is 3.68. The Labute approximate surface area is 109 Å². The maximum absolute atomic E-state index is 5.80. The molecular formula is C12H14BrN3O. The number of methoxy groups -OCH3 is 1. The third-order valence-corrected chi connectivity index (χ3v) is 3.04. The number of nitrogens with zero attached hydrogens (tertiary/aromatic N) is 2. The highest BCUT2D eigenvalue weighted by Crippen LogP contribution is 2.29. The number of hydrogen-bond acceptors (Lipinski definition) is 3. The highest BCUT2D eigenvalue weighted by Gasteiger charge is 2.10. The summed E-state index contributed by atoms with van der Waals surface area (Å²) < 4.78 is 7.93. The first-order valence-corrected chi connectivity index (χ1v) is 6.08. The number of aromatic nitrogens is 2. The van der Waals surface area contributed by atoms with E-state index in [4.69, 9.17) is 10.5 Å². The number of halogens is 1. The van der Waals surface area contributed by atoms with Gasteiger partial charge in [-0.15, -0.1) is 0 Å². The van der Waals surface area contributed by atoms with Crippen molar-refractivity contribution in [3.8, 4) is 11.3 Å². The third-order valence-electron chi connectivity index (χ3n) is 2.46. The van der Waals surface area contributed by atoms with Crippen LogP contribution in [0.15, 0.2) is 34.9 Å². The van der Waals surface area contributed by atoms with Crippen LogP contribution in [0.3, 0.4) is 0 Å². The molecule has 0 atom stereocenters. The summed E-state index contributed by atoms with van der Waals surface area (Å²) in [5.74, 6) is 0. The van der Waals surface area contributed by atoms with Gasteiger partial charge in [-0.25, -0.2) is 0 Å². The summed E-state index contributed by atoms with van der Waals surface area (Å²) in [4.78, 5) is 0. The maximum atomic E-state index is 5.80. The molecule has 17 heavy (non-hydrogen) atoms.